The van der Waals surface area contributed by atoms with Crippen molar-refractivity contribution in [2.24, 2.45) is 5.92 Å². The Morgan fingerprint density at radius 1 is 1.40 bits per heavy atom. The second-order valence-electron chi connectivity index (χ2n) is 5.02. The Morgan fingerprint density at radius 3 is 2.90 bits per heavy atom. The van der Waals surface area contributed by atoms with Gasteiger partial charge in [-0.25, -0.2) is 4.68 Å². The normalized spacial score (nSPS) is 18.1. The van der Waals surface area contributed by atoms with E-state index in [2.05, 4.69) is 15.7 Å². The van der Waals surface area contributed by atoms with Crippen LogP contribution in [0.1, 0.15) is 12.0 Å². The summed E-state index contributed by atoms with van der Waals surface area (Å²) in [5, 5.41) is 10.4. The van der Waals surface area contributed by atoms with Gasteiger partial charge in [-0.2, -0.15) is 5.10 Å². The maximum Gasteiger partial charge on any atom is 0.224 e. The highest BCUT2D eigenvalue weighted by Gasteiger charge is 2.21. The molecule has 3 rings (SSSR count). The Hall–Kier alpha value is -2.14. The average molecular weight is 270 g/mol. The van der Waals surface area contributed by atoms with Gasteiger partial charge in [0.05, 0.1) is 11.6 Å². The highest BCUT2D eigenvalue weighted by molar-refractivity contribution is 5.79. The largest absolute Gasteiger partial charge is 0.352 e. The van der Waals surface area contributed by atoms with E-state index in [1.165, 1.54) is 0 Å². The van der Waals surface area contributed by atoms with E-state index in [-0.39, 0.29) is 11.8 Å². The fourth-order valence-electron chi connectivity index (χ4n) is 2.40. The van der Waals surface area contributed by atoms with E-state index < -0.39 is 0 Å². The maximum atomic E-state index is 11.9. The molecule has 0 aliphatic carbocycles. The van der Waals surface area contributed by atoms with Crippen LogP contribution < -0.4 is 10.6 Å². The minimum atomic E-state index is 0.123. The Morgan fingerprint density at radius 2 is 2.25 bits per heavy atom. The van der Waals surface area contributed by atoms with Crippen LogP contribution in [0.2, 0.25) is 0 Å². The number of benzene rings is 1. The highest BCUT2D eigenvalue weighted by atomic mass is 16.1. The summed E-state index contributed by atoms with van der Waals surface area (Å²) < 4.78 is 1.81. The van der Waals surface area contributed by atoms with E-state index in [1.54, 1.807) is 6.20 Å². The molecular formula is C15H18N4O. The summed E-state index contributed by atoms with van der Waals surface area (Å²) in [6.07, 6.45) is 4.59. The second kappa shape index (κ2) is 5.88. The number of nitrogens with one attached hydrogen (secondary N) is 2. The maximum absolute atomic E-state index is 11.9. The summed E-state index contributed by atoms with van der Waals surface area (Å²) in [5.74, 6) is 0.268. The first-order valence-electron chi connectivity index (χ1n) is 6.90. The second-order valence-corrected chi connectivity index (χ2v) is 5.02. The lowest BCUT2D eigenvalue weighted by Crippen LogP contribution is -2.31. The number of amides is 1. The molecule has 5 nitrogen and oxygen atoms in total. The zero-order chi connectivity index (χ0) is 13.8. The molecule has 2 heterocycles. The molecule has 1 atom stereocenters. The van der Waals surface area contributed by atoms with Crippen LogP contribution in [0.5, 0.6) is 0 Å². The molecule has 5 heteroatoms. The van der Waals surface area contributed by atoms with Crippen molar-refractivity contribution in [2.45, 2.75) is 13.0 Å². The topological polar surface area (TPSA) is 59.0 Å². The smallest absolute Gasteiger partial charge is 0.224 e. The van der Waals surface area contributed by atoms with Gasteiger partial charge < -0.3 is 10.6 Å². The van der Waals surface area contributed by atoms with Gasteiger partial charge in [0.15, 0.2) is 0 Å². The zero-order valence-corrected chi connectivity index (χ0v) is 11.2. The fourth-order valence-corrected chi connectivity index (χ4v) is 2.40. The molecule has 1 amide bonds. The minimum Gasteiger partial charge on any atom is -0.352 e. The van der Waals surface area contributed by atoms with Gasteiger partial charge in [-0.3, -0.25) is 4.79 Å². The lowest BCUT2D eigenvalue weighted by atomic mass is 10.1. The molecule has 1 unspecified atom stereocenters. The monoisotopic (exact) mass is 270 g/mol. The van der Waals surface area contributed by atoms with Crippen molar-refractivity contribution in [3.8, 4) is 5.69 Å². The summed E-state index contributed by atoms with van der Waals surface area (Å²) in [5.41, 5.74) is 2.12. The van der Waals surface area contributed by atoms with Gasteiger partial charge in [-0.1, -0.05) is 12.1 Å². The number of hydrogen-bond donors (Lipinski definition) is 2. The molecule has 0 saturated carbocycles. The average Bonchev–Trinajstić information content (AvgIpc) is 3.18. The number of hydrogen-bond acceptors (Lipinski definition) is 3. The third kappa shape index (κ3) is 2.88. The van der Waals surface area contributed by atoms with Gasteiger partial charge in [0, 0.05) is 25.5 Å². The van der Waals surface area contributed by atoms with Gasteiger partial charge >= 0.3 is 0 Å². The van der Waals surface area contributed by atoms with Crippen LogP contribution in [0.25, 0.3) is 5.69 Å². The number of aromatic nitrogens is 2. The van der Waals surface area contributed by atoms with E-state index in [0.29, 0.717) is 6.54 Å². The summed E-state index contributed by atoms with van der Waals surface area (Å²) in [6.45, 7) is 2.31. The van der Waals surface area contributed by atoms with E-state index >= 15 is 0 Å². The number of carbonyl (C=O) groups excluding carboxylic acids is 1. The molecule has 0 spiro atoms. The predicted molar refractivity (Wildman–Crippen MR) is 76.4 cm³/mol. The summed E-state index contributed by atoms with van der Waals surface area (Å²) in [7, 11) is 0. The van der Waals surface area contributed by atoms with Crippen LogP contribution in [0.3, 0.4) is 0 Å². The first-order chi connectivity index (χ1) is 9.83. The molecule has 1 aliphatic heterocycles. The van der Waals surface area contributed by atoms with Crippen molar-refractivity contribution in [3.63, 3.8) is 0 Å². The van der Waals surface area contributed by atoms with Gasteiger partial charge in [-0.15, -0.1) is 0 Å². The molecule has 0 radical (unpaired) electrons. The van der Waals surface area contributed by atoms with E-state index in [4.69, 9.17) is 0 Å². The molecule has 0 bridgehead atoms. The fraction of sp³-hybridized carbons (Fsp3) is 0.333. The van der Waals surface area contributed by atoms with Crippen LogP contribution in [-0.2, 0) is 11.3 Å². The molecular weight excluding hydrogens is 252 g/mol. The Kier molecular flexibility index (Phi) is 3.78. The van der Waals surface area contributed by atoms with Crippen LogP contribution >= 0.6 is 0 Å². The molecule has 1 aromatic carbocycles. The molecule has 1 saturated heterocycles. The van der Waals surface area contributed by atoms with Crippen molar-refractivity contribution in [1.82, 2.24) is 20.4 Å². The Balaban J connectivity index is 1.57. The van der Waals surface area contributed by atoms with Crippen molar-refractivity contribution in [2.75, 3.05) is 13.1 Å². The van der Waals surface area contributed by atoms with Crippen LogP contribution in [0.15, 0.2) is 42.7 Å². The van der Waals surface area contributed by atoms with Crippen LogP contribution in [-0.4, -0.2) is 28.8 Å². The van der Waals surface area contributed by atoms with Crippen molar-refractivity contribution < 1.29 is 4.79 Å². The zero-order valence-electron chi connectivity index (χ0n) is 11.2. The molecule has 1 aliphatic rings. The molecule has 20 heavy (non-hydrogen) atoms. The van der Waals surface area contributed by atoms with Gasteiger partial charge in [0.25, 0.3) is 0 Å². The SMILES string of the molecule is O=C(NCc1ccc(-n2cccn2)cc1)C1CCNC1. The van der Waals surface area contributed by atoms with Crippen LogP contribution in [0, 0.1) is 5.92 Å². The van der Waals surface area contributed by atoms with Crippen molar-refractivity contribution >= 4 is 5.91 Å². The molecule has 1 fully saturated rings. The lowest BCUT2D eigenvalue weighted by Gasteiger charge is -2.10. The first kappa shape index (κ1) is 12.9. The van der Waals surface area contributed by atoms with Gasteiger partial charge in [0.1, 0.15) is 0 Å². The molecule has 1 aromatic heterocycles. The first-order valence-corrected chi connectivity index (χ1v) is 6.90. The van der Waals surface area contributed by atoms with E-state index in [9.17, 15) is 4.79 Å². The summed E-state index contributed by atoms with van der Waals surface area (Å²) in [6, 6.07) is 9.94. The van der Waals surface area contributed by atoms with Gasteiger partial charge in [0.2, 0.25) is 5.91 Å². The Bertz CT molecular complexity index is 556. The van der Waals surface area contributed by atoms with Crippen LogP contribution in [0.4, 0.5) is 0 Å². The van der Waals surface area contributed by atoms with Crippen molar-refractivity contribution in [3.05, 3.63) is 48.3 Å². The summed E-state index contributed by atoms with van der Waals surface area (Å²) >= 11 is 0. The predicted octanol–water partition coefficient (Wildman–Crippen LogP) is 1.10. The minimum absolute atomic E-state index is 0.123. The van der Waals surface area contributed by atoms with E-state index in [1.807, 2.05) is 41.2 Å². The lowest BCUT2D eigenvalue weighted by molar-refractivity contribution is -0.124. The third-order valence-electron chi connectivity index (χ3n) is 3.60. The van der Waals surface area contributed by atoms with Gasteiger partial charge in [-0.05, 0) is 36.7 Å². The van der Waals surface area contributed by atoms with Crippen molar-refractivity contribution in [1.29, 1.82) is 0 Å². The number of nitrogens with zero attached hydrogens (tertiary/aromatic N) is 2. The van der Waals surface area contributed by atoms with E-state index in [0.717, 1.165) is 30.8 Å². The summed E-state index contributed by atoms with van der Waals surface area (Å²) in [4.78, 5) is 11.9. The molecule has 2 N–H and O–H groups in total. The molecule has 2 aromatic rings. The highest BCUT2D eigenvalue weighted by Crippen LogP contribution is 2.10. The number of rotatable bonds is 4. The standard InChI is InChI=1S/C15H18N4O/c20-15(13-6-8-16-11-13)17-10-12-2-4-14(5-3-12)19-9-1-7-18-19/h1-5,7,9,13,16H,6,8,10-11H2,(H,17,20). The number of carbonyl (C=O) groups is 1. The Labute approximate surface area is 118 Å². The molecule has 104 valence electrons. The quantitative estimate of drug-likeness (QED) is 0.874. The third-order valence-corrected chi connectivity index (χ3v) is 3.60.